The Morgan fingerprint density at radius 2 is 2.18 bits per heavy atom. The zero-order valence-electron chi connectivity index (χ0n) is 8.15. The van der Waals surface area contributed by atoms with Crippen molar-refractivity contribution in [3.05, 3.63) is 0 Å². The van der Waals surface area contributed by atoms with Crippen molar-refractivity contribution in [2.75, 3.05) is 20.1 Å². The van der Waals surface area contributed by atoms with Crippen LogP contribution in [-0.4, -0.2) is 36.6 Å². The number of likely N-dealkylation sites (N-methyl/N-ethyl adjacent to an activating group) is 1. The second-order valence-electron chi connectivity index (χ2n) is 4.33. The van der Waals surface area contributed by atoms with Crippen LogP contribution in [0.25, 0.3) is 0 Å². The summed E-state index contributed by atoms with van der Waals surface area (Å²) in [5.74, 6) is 0. The lowest BCUT2D eigenvalue weighted by Gasteiger charge is -2.42. The maximum Gasteiger partial charge on any atom is 0.0255 e. The average molecular weight is 156 g/mol. The van der Waals surface area contributed by atoms with Gasteiger partial charge >= 0.3 is 0 Å². The smallest absolute Gasteiger partial charge is 0.0255 e. The van der Waals surface area contributed by atoms with Gasteiger partial charge in [0, 0.05) is 24.7 Å². The van der Waals surface area contributed by atoms with Gasteiger partial charge in [0.1, 0.15) is 0 Å². The molecule has 1 rings (SSSR count). The van der Waals surface area contributed by atoms with E-state index in [0.717, 1.165) is 6.54 Å². The van der Waals surface area contributed by atoms with E-state index in [2.05, 4.69) is 38.0 Å². The standard InChI is InChI=1S/C9H20N2/c1-5-8-6-11(4)7-9(2,3)10-8/h8,10H,5-7H2,1-4H3. The molecule has 0 aromatic carbocycles. The predicted molar refractivity (Wildman–Crippen MR) is 48.8 cm³/mol. The Kier molecular flexibility index (Phi) is 2.55. The molecule has 0 aromatic heterocycles. The molecule has 0 amide bonds. The van der Waals surface area contributed by atoms with Gasteiger partial charge in [-0.05, 0) is 27.3 Å². The van der Waals surface area contributed by atoms with E-state index >= 15 is 0 Å². The average Bonchev–Trinajstić information content (AvgIpc) is 1.83. The van der Waals surface area contributed by atoms with Gasteiger partial charge in [0.15, 0.2) is 0 Å². The lowest BCUT2D eigenvalue weighted by Crippen LogP contribution is -2.60. The van der Waals surface area contributed by atoms with Crippen LogP contribution in [0.4, 0.5) is 0 Å². The number of nitrogens with one attached hydrogen (secondary N) is 1. The van der Waals surface area contributed by atoms with Crippen LogP contribution >= 0.6 is 0 Å². The summed E-state index contributed by atoms with van der Waals surface area (Å²) in [7, 11) is 2.20. The predicted octanol–water partition coefficient (Wildman–Crippen LogP) is 1.08. The maximum atomic E-state index is 3.63. The molecule has 1 unspecified atom stereocenters. The van der Waals surface area contributed by atoms with Gasteiger partial charge in [-0.25, -0.2) is 0 Å². The minimum atomic E-state index is 0.299. The topological polar surface area (TPSA) is 15.3 Å². The Morgan fingerprint density at radius 3 is 2.64 bits per heavy atom. The van der Waals surface area contributed by atoms with E-state index in [1.54, 1.807) is 0 Å². The second-order valence-corrected chi connectivity index (χ2v) is 4.33. The minimum absolute atomic E-state index is 0.299. The summed E-state index contributed by atoms with van der Waals surface area (Å²) in [4.78, 5) is 2.41. The number of hydrogen-bond donors (Lipinski definition) is 1. The van der Waals surface area contributed by atoms with Gasteiger partial charge in [-0.1, -0.05) is 6.92 Å². The summed E-state index contributed by atoms with van der Waals surface area (Å²) >= 11 is 0. The van der Waals surface area contributed by atoms with Gasteiger partial charge in [-0.2, -0.15) is 0 Å². The molecule has 1 saturated heterocycles. The van der Waals surface area contributed by atoms with Crippen molar-refractivity contribution in [3.8, 4) is 0 Å². The molecule has 0 saturated carbocycles. The molecule has 1 atom stereocenters. The largest absolute Gasteiger partial charge is 0.307 e. The van der Waals surface area contributed by atoms with E-state index in [4.69, 9.17) is 0 Å². The third-order valence-corrected chi connectivity index (χ3v) is 2.28. The Bertz CT molecular complexity index is 132. The number of rotatable bonds is 1. The van der Waals surface area contributed by atoms with Gasteiger partial charge in [0.2, 0.25) is 0 Å². The normalized spacial score (nSPS) is 32.2. The molecule has 1 aliphatic heterocycles. The van der Waals surface area contributed by atoms with Gasteiger partial charge in [0.25, 0.3) is 0 Å². The summed E-state index contributed by atoms with van der Waals surface area (Å²) in [6, 6.07) is 0.684. The zero-order chi connectivity index (χ0) is 8.48. The van der Waals surface area contributed by atoms with E-state index in [1.165, 1.54) is 13.0 Å². The van der Waals surface area contributed by atoms with Gasteiger partial charge < -0.3 is 10.2 Å². The van der Waals surface area contributed by atoms with E-state index in [0.29, 0.717) is 11.6 Å². The molecular formula is C9H20N2. The number of piperazine rings is 1. The summed E-state index contributed by atoms with van der Waals surface area (Å²) in [5, 5.41) is 3.63. The Balaban J connectivity index is 2.51. The molecule has 1 N–H and O–H groups in total. The van der Waals surface area contributed by atoms with E-state index in [9.17, 15) is 0 Å². The second kappa shape index (κ2) is 3.11. The van der Waals surface area contributed by atoms with Crippen LogP contribution < -0.4 is 5.32 Å². The number of hydrogen-bond acceptors (Lipinski definition) is 2. The van der Waals surface area contributed by atoms with Crippen LogP contribution in [0.3, 0.4) is 0 Å². The van der Waals surface area contributed by atoms with Crippen molar-refractivity contribution in [1.82, 2.24) is 10.2 Å². The fourth-order valence-corrected chi connectivity index (χ4v) is 1.99. The van der Waals surface area contributed by atoms with E-state index < -0.39 is 0 Å². The molecule has 0 bridgehead atoms. The highest BCUT2D eigenvalue weighted by Crippen LogP contribution is 2.13. The van der Waals surface area contributed by atoms with Crippen LogP contribution in [-0.2, 0) is 0 Å². The van der Waals surface area contributed by atoms with Gasteiger partial charge in [-0.15, -0.1) is 0 Å². The number of nitrogens with zero attached hydrogens (tertiary/aromatic N) is 1. The van der Waals surface area contributed by atoms with Gasteiger partial charge in [0.05, 0.1) is 0 Å². The van der Waals surface area contributed by atoms with Crippen molar-refractivity contribution >= 4 is 0 Å². The molecule has 2 nitrogen and oxygen atoms in total. The molecule has 1 heterocycles. The van der Waals surface area contributed by atoms with Crippen LogP contribution in [0, 0.1) is 0 Å². The first kappa shape index (κ1) is 9.01. The summed E-state index contributed by atoms with van der Waals surface area (Å²) in [6.45, 7) is 9.13. The molecule has 0 spiro atoms. The molecule has 0 aromatic rings. The third kappa shape index (κ3) is 2.46. The highest BCUT2D eigenvalue weighted by atomic mass is 15.2. The van der Waals surface area contributed by atoms with Crippen LogP contribution in [0.1, 0.15) is 27.2 Å². The minimum Gasteiger partial charge on any atom is -0.307 e. The lowest BCUT2D eigenvalue weighted by molar-refractivity contribution is 0.140. The highest BCUT2D eigenvalue weighted by Gasteiger charge is 2.28. The summed E-state index contributed by atoms with van der Waals surface area (Å²) in [5.41, 5.74) is 0.299. The van der Waals surface area contributed by atoms with Crippen LogP contribution in [0.2, 0.25) is 0 Å². The summed E-state index contributed by atoms with van der Waals surface area (Å²) < 4.78 is 0. The Hall–Kier alpha value is -0.0800. The van der Waals surface area contributed by atoms with Crippen molar-refractivity contribution in [2.24, 2.45) is 0 Å². The first-order valence-corrected chi connectivity index (χ1v) is 4.50. The maximum absolute atomic E-state index is 3.63. The van der Waals surface area contributed by atoms with Gasteiger partial charge in [-0.3, -0.25) is 0 Å². The summed E-state index contributed by atoms with van der Waals surface area (Å²) in [6.07, 6.45) is 1.23. The molecule has 0 radical (unpaired) electrons. The molecular weight excluding hydrogens is 136 g/mol. The quantitative estimate of drug-likeness (QED) is 0.611. The molecule has 11 heavy (non-hydrogen) atoms. The first-order valence-electron chi connectivity index (χ1n) is 4.50. The fraction of sp³-hybridized carbons (Fsp3) is 1.00. The van der Waals surface area contributed by atoms with Crippen molar-refractivity contribution < 1.29 is 0 Å². The lowest BCUT2D eigenvalue weighted by atomic mass is 9.98. The fourth-order valence-electron chi connectivity index (χ4n) is 1.99. The SMILES string of the molecule is CCC1CN(C)CC(C)(C)N1. The van der Waals surface area contributed by atoms with Crippen molar-refractivity contribution in [2.45, 2.75) is 38.8 Å². The molecule has 1 fully saturated rings. The van der Waals surface area contributed by atoms with E-state index in [-0.39, 0.29) is 0 Å². The monoisotopic (exact) mass is 156 g/mol. The molecule has 66 valence electrons. The third-order valence-electron chi connectivity index (χ3n) is 2.28. The Labute approximate surface area is 70.0 Å². The molecule has 1 aliphatic rings. The van der Waals surface area contributed by atoms with E-state index in [1.807, 2.05) is 0 Å². The molecule has 0 aliphatic carbocycles. The zero-order valence-corrected chi connectivity index (χ0v) is 8.15. The highest BCUT2D eigenvalue weighted by molar-refractivity contribution is 4.90. The Morgan fingerprint density at radius 1 is 1.55 bits per heavy atom. The first-order chi connectivity index (χ1) is 5.03. The molecule has 2 heteroatoms. The van der Waals surface area contributed by atoms with Crippen molar-refractivity contribution in [1.29, 1.82) is 0 Å². The van der Waals surface area contributed by atoms with Crippen molar-refractivity contribution in [3.63, 3.8) is 0 Å². The van der Waals surface area contributed by atoms with Crippen LogP contribution in [0.5, 0.6) is 0 Å². The van der Waals surface area contributed by atoms with Crippen LogP contribution in [0.15, 0.2) is 0 Å².